The Morgan fingerprint density at radius 2 is 1.58 bits per heavy atom. The standard InChI is InChI=1S/C22H29NO3/c1-16-6-9-20(14-17(16)2)25-13-12-23-21(24)15-26-19-10-7-18(8-11-19)22(3,4)5/h6-11,14H,12-13,15H2,1-5H3,(H,23,24). The zero-order valence-corrected chi connectivity index (χ0v) is 16.4. The Kier molecular flexibility index (Phi) is 6.67. The highest BCUT2D eigenvalue weighted by molar-refractivity contribution is 5.77. The van der Waals surface area contributed by atoms with Gasteiger partial charge in [-0.1, -0.05) is 39.0 Å². The molecule has 4 heteroatoms. The first-order valence-electron chi connectivity index (χ1n) is 8.96. The summed E-state index contributed by atoms with van der Waals surface area (Å²) in [4.78, 5) is 11.9. The Bertz CT molecular complexity index is 730. The molecule has 0 aliphatic carbocycles. The molecular weight excluding hydrogens is 326 g/mol. The van der Waals surface area contributed by atoms with E-state index < -0.39 is 0 Å². The molecule has 0 aliphatic heterocycles. The lowest BCUT2D eigenvalue weighted by molar-refractivity contribution is -0.123. The van der Waals surface area contributed by atoms with E-state index in [-0.39, 0.29) is 17.9 Å². The van der Waals surface area contributed by atoms with Gasteiger partial charge in [0.2, 0.25) is 0 Å². The molecule has 140 valence electrons. The maximum absolute atomic E-state index is 11.9. The Morgan fingerprint density at radius 1 is 0.923 bits per heavy atom. The third kappa shape index (κ3) is 6.10. The van der Waals surface area contributed by atoms with Crippen LogP contribution >= 0.6 is 0 Å². The van der Waals surface area contributed by atoms with E-state index in [1.807, 2.05) is 42.5 Å². The first-order chi connectivity index (χ1) is 12.3. The molecule has 1 amide bonds. The molecule has 0 unspecified atom stereocenters. The second kappa shape index (κ2) is 8.75. The third-order valence-electron chi connectivity index (χ3n) is 4.26. The summed E-state index contributed by atoms with van der Waals surface area (Å²) < 4.78 is 11.2. The van der Waals surface area contributed by atoms with Crippen LogP contribution in [0.4, 0.5) is 0 Å². The molecule has 0 bridgehead atoms. The van der Waals surface area contributed by atoms with Crippen molar-refractivity contribution in [2.45, 2.75) is 40.0 Å². The smallest absolute Gasteiger partial charge is 0.258 e. The molecule has 2 rings (SSSR count). The fraction of sp³-hybridized carbons (Fsp3) is 0.409. The van der Waals surface area contributed by atoms with Gasteiger partial charge in [-0.25, -0.2) is 0 Å². The predicted octanol–water partition coefficient (Wildman–Crippen LogP) is 4.17. The molecule has 0 radical (unpaired) electrons. The zero-order valence-electron chi connectivity index (χ0n) is 16.4. The largest absolute Gasteiger partial charge is 0.492 e. The van der Waals surface area contributed by atoms with Crippen molar-refractivity contribution < 1.29 is 14.3 Å². The van der Waals surface area contributed by atoms with Gasteiger partial charge in [0.05, 0.1) is 6.54 Å². The first-order valence-corrected chi connectivity index (χ1v) is 8.96. The fourth-order valence-corrected chi connectivity index (χ4v) is 2.41. The van der Waals surface area contributed by atoms with Gasteiger partial charge < -0.3 is 14.8 Å². The van der Waals surface area contributed by atoms with Gasteiger partial charge in [-0.3, -0.25) is 4.79 Å². The van der Waals surface area contributed by atoms with E-state index >= 15 is 0 Å². The first kappa shape index (κ1) is 19.8. The minimum Gasteiger partial charge on any atom is -0.492 e. The van der Waals surface area contributed by atoms with Gasteiger partial charge in [0.1, 0.15) is 18.1 Å². The topological polar surface area (TPSA) is 47.6 Å². The van der Waals surface area contributed by atoms with Gasteiger partial charge in [0, 0.05) is 0 Å². The number of benzene rings is 2. The van der Waals surface area contributed by atoms with E-state index in [9.17, 15) is 4.79 Å². The summed E-state index contributed by atoms with van der Waals surface area (Å²) in [7, 11) is 0. The van der Waals surface area contributed by atoms with E-state index in [1.165, 1.54) is 16.7 Å². The lowest BCUT2D eigenvalue weighted by Gasteiger charge is -2.19. The number of rotatable bonds is 7. The maximum atomic E-state index is 11.9. The SMILES string of the molecule is Cc1ccc(OCCNC(=O)COc2ccc(C(C)(C)C)cc2)cc1C. The van der Waals surface area contributed by atoms with Crippen LogP contribution in [0.5, 0.6) is 11.5 Å². The highest BCUT2D eigenvalue weighted by Crippen LogP contribution is 2.24. The number of carbonyl (C=O) groups excluding carboxylic acids is 1. The Balaban J connectivity index is 1.68. The van der Waals surface area contributed by atoms with E-state index in [2.05, 4.69) is 39.9 Å². The van der Waals surface area contributed by atoms with Crippen LogP contribution in [0.3, 0.4) is 0 Å². The highest BCUT2D eigenvalue weighted by atomic mass is 16.5. The Labute approximate surface area is 156 Å². The molecular formula is C22H29NO3. The second-order valence-corrected chi connectivity index (χ2v) is 7.51. The van der Waals surface area contributed by atoms with Crippen LogP contribution < -0.4 is 14.8 Å². The van der Waals surface area contributed by atoms with Gasteiger partial charge in [-0.15, -0.1) is 0 Å². The van der Waals surface area contributed by atoms with Crippen molar-refractivity contribution in [2.75, 3.05) is 19.8 Å². The molecule has 0 saturated carbocycles. The molecule has 0 saturated heterocycles. The number of carbonyl (C=O) groups is 1. The summed E-state index contributed by atoms with van der Waals surface area (Å²) in [6.45, 7) is 11.5. The molecule has 1 N–H and O–H groups in total. The third-order valence-corrected chi connectivity index (χ3v) is 4.26. The second-order valence-electron chi connectivity index (χ2n) is 7.51. The minimum atomic E-state index is -0.159. The molecule has 0 spiro atoms. The number of hydrogen-bond acceptors (Lipinski definition) is 3. The van der Waals surface area contributed by atoms with Crippen molar-refractivity contribution in [1.29, 1.82) is 0 Å². The minimum absolute atomic E-state index is 0.00148. The van der Waals surface area contributed by atoms with Crippen LogP contribution in [-0.4, -0.2) is 25.7 Å². The van der Waals surface area contributed by atoms with Gasteiger partial charge >= 0.3 is 0 Å². The summed E-state index contributed by atoms with van der Waals surface area (Å²) in [6.07, 6.45) is 0. The van der Waals surface area contributed by atoms with Gasteiger partial charge in [0.15, 0.2) is 6.61 Å². The molecule has 0 aliphatic rings. The van der Waals surface area contributed by atoms with Gasteiger partial charge in [-0.05, 0) is 60.2 Å². The number of aryl methyl sites for hydroxylation is 2. The molecule has 26 heavy (non-hydrogen) atoms. The Hall–Kier alpha value is -2.49. The molecule has 0 heterocycles. The molecule has 4 nitrogen and oxygen atoms in total. The van der Waals surface area contributed by atoms with E-state index in [1.54, 1.807) is 0 Å². The van der Waals surface area contributed by atoms with Gasteiger partial charge in [-0.2, -0.15) is 0 Å². The van der Waals surface area contributed by atoms with Crippen molar-refractivity contribution in [3.8, 4) is 11.5 Å². The average molecular weight is 355 g/mol. The van der Waals surface area contributed by atoms with Crippen LogP contribution in [0.25, 0.3) is 0 Å². The quantitative estimate of drug-likeness (QED) is 0.758. The monoisotopic (exact) mass is 355 g/mol. The summed E-state index contributed by atoms with van der Waals surface area (Å²) in [5.74, 6) is 1.35. The number of nitrogens with one attached hydrogen (secondary N) is 1. The van der Waals surface area contributed by atoms with E-state index in [4.69, 9.17) is 9.47 Å². The van der Waals surface area contributed by atoms with E-state index in [0.717, 1.165) is 5.75 Å². The average Bonchev–Trinajstić information content (AvgIpc) is 2.59. The number of amides is 1. The summed E-state index contributed by atoms with van der Waals surface area (Å²) in [5.41, 5.74) is 3.76. The van der Waals surface area contributed by atoms with Crippen LogP contribution in [-0.2, 0) is 10.2 Å². The number of ether oxygens (including phenoxy) is 2. The van der Waals surface area contributed by atoms with Crippen LogP contribution in [0.2, 0.25) is 0 Å². The zero-order chi connectivity index (χ0) is 19.2. The van der Waals surface area contributed by atoms with Crippen molar-refractivity contribution in [2.24, 2.45) is 0 Å². The fourth-order valence-electron chi connectivity index (χ4n) is 2.41. The van der Waals surface area contributed by atoms with E-state index in [0.29, 0.717) is 18.9 Å². The lowest BCUT2D eigenvalue weighted by Crippen LogP contribution is -2.32. The summed E-state index contributed by atoms with van der Waals surface area (Å²) >= 11 is 0. The van der Waals surface area contributed by atoms with Crippen molar-refractivity contribution in [3.05, 3.63) is 59.2 Å². The van der Waals surface area contributed by atoms with Crippen LogP contribution in [0.15, 0.2) is 42.5 Å². The molecule has 2 aromatic carbocycles. The summed E-state index contributed by atoms with van der Waals surface area (Å²) in [6, 6.07) is 13.8. The van der Waals surface area contributed by atoms with Crippen molar-refractivity contribution >= 4 is 5.91 Å². The Morgan fingerprint density at radius 3 is 2.19 bits per heavy atom. The highest BCUT2D eigenvalue weighted by Gasteiger charge is 2.13. The maximum Gasteiger partial charge on any atom is 0.258 e. The number of hydrogen-bond donors (Lipinski definition) is 1. The summed E-state index contributed by atoms with van der Waals surface area (Å²) in [5, 5.41) is 2.80. The molecule has 0 aromatic heterocycles. The predicted molar refractivity (Wildman–Crippen MR) is 105 cm³/mol. The molecule has 0 atom stereocenters. The normalized spacial score (nSPS) is 11.1. The van der Waals surface area contributed by atoms with Gasteiger partial charge in [0.25, 0.3) is 5.91 Å². The van der Waals surface area contributed by atoms with Crippen LogP contribution in [0, 0.1) is 13.8 Å². The van der Waals surface area contributed by atoms with Crippen molar-refractivity contribution in [3.63, 3.8) is 0 Å². The molecule has 0 fully saturated rings. The van der Waals surface area contributed by atoms with Crippen LogP contribution in [0.1, 0.15) is 37.5 Å². The molecule has 2 aromatic rings. The van der Waals surface area contributed by atoms with Crippen molar-refractivity contribution in [1.82, 2.24) is 5.32 Å². The lowest BCUT2D eigenvalue weighted by atomic mass is 9.87.